The van der Waals surface area contributed by atoms with Gasteiger partial charge in [-0.2, -0.15) is 5.10 Å². The van der Waals surface area contributed by atoms with E-state index in [1.54, 1.807) is 7.05 Å². The van der Waals surface area contributed by atoms with Crippen LogP contribution in [0, 0.1) is 0 Å². The minimum atomic E-state index is 0.732. The van der Waals surface area contributed by atoms with Crippen molar-refractivity contribution in [2.45, 2.75) is 46.0 Å². The second-order valence-electron chi connectivity index (χ2n) is 3.16. The maximum atomic E-state index is 10.3. The molecule has 0 aliphatic rings. The van der Waals surface area contributed by atoms with Gasteiger partial charge >= 0.3 is 0 Å². The number of hydrogen-bond donors (Lipinski definition) is 0. The maximum Gasteiger partial charge on any atom is 0.229 e. The van der Waals surface area contributed by atoms with Crippen molar-refractivity contribution in [3.05, 3.63) is 0 Å². The van der Waals surface area contributed by atoms with Gasteiger partial charge in [-0.25, -0.2) is 5.01 Å². The lowest BCUT2D eigenvalue weighted by Crippen LogP contribution is -2.11. The molecule has 0 aliphatic heterocycles. The minimum Gasteiger partial charge on any atom is -0.277 e. The first-order chi connectivity index (χ1) is 6.24. The Morgan fingerprint density at radius 1 is 1.38 bits per heavy atom. The summed E-state index contributed by atoms with van der Waals surface area (Å²) < 4.78 is 0. The van der Waals surface area contributed by atoms with Gasteiger partial charge in [0.15, 0.2) is 0 Å². The lowest BCUT2D eigenvalue weighted by Gasteiger charge is -2.07. The van der Waals surface area contributed by atoms with E-state index >= 15 is 0 Å². The summed E-state index contributed by atoms with van der Waals surface area (Å²) in [5, 5.41) is 5.51. The summed E-state index contributed by atoms with van der Waals surface area (Å²) in [5.41, 5.74) is 1.11. The van der Waals surface area contributed by atoms with Crippen molar-refractivity contribution in [3.8, 4) is 0 Å². The van der Waals surface area contributed by atoms with Gasteiger partial charge in [-0.1, -0.05) is 26.7 Å². The van der Waals surface area contributed by atoms with Gasteiger partial charge in [0.25, 0.3) is 0 Å². The molecule has 3 nitrogen and oxygen atoms in total. The van der Waals surface area contributed by atoms with Crippen LogP contribution in [-0.4, -0.2) is 24.2 Å². The van der Waals surface area contributed by atoms with Crippen LogP contribution in [0.15, 0.2) is 5.10 Å². The van der Waals surface area contributed by atoms with E-state index in [1.807, 2.05) is 0 Å². The van der Waals surface area contributed by atoms with E-state index in [0.29, 0.717) is 0 Å². The predicted octanol–water partition coefficient (Wildman–Crippen LogP) is 2.42. The van der Waals surface area contributed by atoms with Crippen LogP contribution < -0.4 is 0 Å². The zero-order valence-electron chi connectivity index (χ0n) is 8.92. The summed E-state index contributed by atoms with van der Waals surface area (Å²) >= 11 is 0. The van der Waals surface area contributed by atoms with Crippen molar-refractivity contribution < 1.29 is 4.79 Å². The fourth-order valence-corrected chi connectivity index (χ4v) is 1.12. The van der Waals surface area contributed by atoms with Crippen molar-refractivity contribution in [1.82, 2.24) is 5.01 Å². The molecular weight excluding hydrogens is 164 g/mol. The normalized spacial score (nSPS) is 11.5. The van der Waals surface area contributed by atoms with Crippen molar-refractivity contribution in [3.63, 3.8) is 0 Å². The molecule has 0 bridgehead atoms. The predicted molar refractivity (Wildman–Crippen MR) is 55.7 cm³/mol. The van der Waals surface area contributed by atoms with Gasteiger partial charge in [-0.05, 0) is 19.3 Å². The highest BCUT2D eigenvalue weighted by Gasteiger charge is 1.97. The molecule has 0 saturated heterocycles. The number of unbranched alkanes of at least 4 members (excludes halogenated alkanes) is 2. The van der Waals surface area contributed by atoms with Crippen LogP contribution >= 0.6 is 0 Å². The number of carbonyl (C=O) groups excluding carboxylic acids is 1. The average Bonchev–Trinajstić information content (AvgIpc) is 2.16. The van der Waals surface area contributed by atoms with Crippen LogP contribution in [0.1, 0.15) is 46.0 Å². The second-order valence-corrected chi connectivity index (χ2v) is 3.16. The van der Waals surface area contributed by atoms with Gasteiger partial charge in [-0.3, -0.25) is 4.79 Å². The van der Waals surface area contributed by atoms with E-state index in [2.05, 4.69) is 18.9 Å². The van der Waals surface area contributed by atoms with Gasteiger partial charge in [-0.15, -0.1) is 0 Å². The van der Waals surface area contributed by atoms with E-state index < -0.39 is 0 Å². The smallest absolute Gasteiger partial charge is 0.229 e. The van der Waals surface area contributed by atoms with Gasteiger partial charge in [0.05, 0.1) is 0 Å². The molecule has 0 fully saturated rings. The maximum absolute atomic E-state index is 10.3. The first-order valence-electron chi connectivity index (χ1n) is 4.99. The number of carbonyl (C=O) groups is 1. The summed E-state index contributed by atoms with van der Waals surface area (Å²) in [6.07, 6.45) is 6.32. The molecule has 76 valence electrons. The van der Waals surface area contributed by atoms with Crippen molar-refractivity contribution in [2.24, 2.45) is 5.10 Å². The highest BCUT2D eigenvalue weighted by Crippen LogP contribution is 2.03. The van der Waals surface area contributed by atoms with Crippen LogP contribution in [-0.2, 0) is 4.79 Å². The minimum absolute atomic E-state index is 0.732. The van der Waals surface area contributed by atoms with Crippen molar-refractivity contribution >= 4 is 12.1 Å². The molecule has 0 aromatic heterocycles. The molecule has 0 rings (SSSR count). The Bertz CT molecular complexity index is 166. The molecule has 0 saturated carbocycles. The molecule has 0 aromatic rings. The third-order valence-corrected chi connectivity index (χ3v) is 1.93. The number of rotatable bonds is 7. The Kier molecular flexibility index (Phi) is 7.26. The molecule has 1 amide bonds. The molecule has 0 N–H and O–H groups in total. The molecule has 0 aliphatic carbocycles. The van der Waals surface area contributed by atoms with Crippen molar-refractivity contribution in [2.75, 3.05) is 7.05 Å². The van der Waals surface area contributed by atoms with Crippen molar-refractivity contribution in [1.29, 1.82) is 0 Å². The van der Waals surface area contributed by atoms with Crippen LogP contribution in [0.3, 0.4) is 0 Å². The first kappa shape index (κ1) is 12.1. The zero-order valence-corrected chi connectivity index (χ0v) is 8.92. The lowest BCUT2D eigenvalue weighted by atomic mass is 10.1. The SMILES string of the molecule is CCCCC/C(CC)=N/N(C)C=O. The van der Waals surface area contributed by atoms with E-state index in [0.717, 1.165) is 25.0 Å². The van der Waals surface area contributed by atoms with E-state index in [9.17, 15) is 4.79 Å². The fraction of sp³-hybridized carbons (Fsp3) is 0.800. The first-order valence-corrected chi connectivity index (χ1v) is 4.99. The lowest BCUT2D eigenvalue weighted by molar-refractivity contribution is -0.117. The summed E-state index contributed by atoms with van der Waals surface area (Å²) in [4.78, 5) is 10.3. The third-order valence-electron chi connectivity index (χ3n) is 1.93. The van der Waals surface area contributed by atoms with E-state index in [4.69, 9.17) is 0 Å². The molecule has 3 heteroatoms. The molecular formula is C10H20N2O. The summed E-state index contributed by atoms with van der Waals surface area (Å²) in [5.74, 6) is 0. The van der Waals surface area contributed by atoms with Crippen LogP contribution in [0.2, 0.25) is 0 Å². The van der Waals surface area contributed by atoms with Gasteiger partial charge in [0, 0.05) is 12.8 Å². The second kappa shape index (κ2) is 7.77. The van der Waals surface area contributed by atoms with Gasteiger partial charge in [0.1, 0.15) is 0 Å². The Balaban J connectivity index is 3.86. The average molecular weight is 184 g/mol. The summed E-state index contributed by atoms with van der Waals surface area (Å²) in [6.45, 7) is 4.25. The van der Waals surface area contributed by atoms with Gasteiger partial charge in [0.2, 0.25) is 6.41 Å². The molecule has 0 heterocycles. The molecule has 0 spiro atoms. The molecule has 0 radical (unpaired) electrons. The number of nitrogens with zero attached hydrogens (tertiary/aromatic N) is 2. The largest absolute Gasteiger partial charge is 0.277 e. The Morgan fingerprint density at radius 2 is 2.08 bits per heavy atom. The number of hydrazone groups is 1. The molecule has 0 atom stereocenters. The standard InChI is InChI=1S/C10H20N2O/c1-4-6-7-8-10(5-2)11-12(3)9-13/h9H,4-8H2,1-3H3/b11-10+. The van der Waals surface area contributed by atoms with E-state index in [1.165, 1.54) is 24.3 Å². The molecule has 13 heavy (non-hydrogen) atoms. The highest BCUT2D eigenvalue weighted by atomic mass is 16.1. The Morgan fingerprint density at radius 3 is 2.54 bits per heavy atom. The Labute approximate surface area is 80.8 Å². The fourth-order valence-electron chi connectivity index (χ4n) is 1.12. The van der Waals surface area contributed by atoms with Crippen LogP contribution in [0.4, 0.5) is 0 Å². The third kappa shape index (κ3) is 6.31. The summed E-state index contributed by atoms with van der Waals surface area (Å²) in [7, 11) is 1.67. The Hall–Kier alpha value is -0.860. The molecule has 0 aromatic carbocycles. The van der Waals surface area contributed by atoms with E-state index in [-0.39, 0.29) is 0 Å². The zero-order chi connectivity index (χ0) is 10.1. The van der Waals surface area contributed by atoms with Crippen LogP contribution in [0.25, 0.3) is 0 Å². The summed E-state index contributed by atoms with van der Waals surface area (Å²) in [6, 6.07) is 0. The quantitative estimate of drug-likeness (QED) is 0.259. The topological polar surface area (TPSA) is 32.7 Å². The molecule has 0 unspecified atom stereocenters. The van der Waals surface area contributed by atoms with Gasteiger partial charge < -0.3 is 0 Å². The highest BCUT2D eigenvalue weighted by molar-refractivity contribution is 5.84. The number of hydrogen-bond acceptors (Lipinski definition) is 2. The number of amides is 1. The van der Waals surface area contributed by atoms with Crippen LogP contribution in [0.5, 0.6) is 0 Å². The monoisotopic (exact) mass is 184 g/mol.